The predicted octanol–water partition coefficient (Wildman–Crippen LogP) is 2.68. The molecule has 6 nitrogen and oxygen atoms in total. The van der Waals surface area contributed by atoms with E-state index in [4.69, 9.17) is 5.84 Å². The number of rotatable bonds is 7. The summed E-state index contributed by atoms with van der Waals surface area (Å²) in [6.07, 6.45) is 2.90. The summed E-state index contributed by atoms with van der Waals surface area (Å²) in [5.74, 6) is 6.87. The molecule has 0 bridgehead atoms. The molecule has 0 saturated carbocycles. The van der Waals surface area contributed by atoms with Crippen molar-refractivity contribution >= 4 is 23.4 Å². The van der Waals surface area contributed by atoms with E-state index in [1.54, 1.807) is 0 Å². The summed E-state index contributed by atoms with van der Waals surface area (Å²) in [6, 6.07) is 5.86. The van der Waals surface area contributed by atoms with Crippen LogP contribution < -0.4 is 11.2 Å². The van der Waals surface area contributed by atoms with Crippen molar-refractivity contribution in [2.45, 2.75) is 45.2 Å². The topological polar surface area (TPSA) is 85.8 Å². The molecule has 7 heteroatoms. The summed E-state index contributed by atoms with van der Waals surface area (Å²) in [5.41, 5.74) is 3.16. The van der Waals surface area contributed by atoms with Crippen LogP contribution in [0.3, 0.4) is 0 Å². The lowest BCUT2D eigenvalue weighted by molar-refractivity contribution is -0.113. The second kappa shape index (κ2) is 8.01. The zero-order chi connectivity index (χ0) is 16.8. The van der Waals surface area contributed by atoms with Gasteiger partial charge in [-0.1, -0.05) is 31.2 Å². The molecule has 3 N–H and O–H groups in total. The summed E-state index contributed by atoms with van der Waals surface area (Å²) in [7, 11) is 0. The highest BCUT2D eigenvalue weighted by atomic mass is 32.2. The minimum Gasteiger partial charge on any atom is -0.336 e. The van der Waals surface area contributed by atoms with Crippen molar-refractivity contribution in [2.24, 2.45) is 0 Å². The zero-order valence-corrected chi connectivity index (χ0v) is 14.6. The SMILES string of the molecule is CCCCc1nnc(SCC(=O)Nc2ccc(C)c(C)c2)n1N. The molecule has 0 aliphatic carbocycles. The molecule has 124 valence electrons. The van der Waals surface area contributed by atoms with Crippen molar-refractivity contribution in [2.75, 3.05) is 16.9 Å². The fourth-order valence-corrected chi connectivity index (χ4v) is 2.73. The van der Waals surface area contributed by atoms with Crippen molar-refractivity contribution in [1.82, 2.24) is 14.9 Å². The van der Waals surface area contributed by atoms with Crippen LogP contribution in [0.25, 0.3) is 0 Å². The maximum atomic E-state index is 12.0. The maximum Gasteiger partial charge on any atom is 0.234 e. The standard InChI is InChI=1S/C16H23N5OS/c1-4-5-6-14-19-20-16(21(14)17)23-10-15(22)18-13-8-7-11(2)12(3)9-13/h7-9H,4-6,10,17H2,1-3H3,(H,18,22). The third-order valence-corrected chi connectivity index (χ3v) is 4.56. The number of nitrogens with zero attached hydrogens (tertiary/aromatic N) is 3. The van der Waals surface area contributed by atoms with Crippen molar-refractivity contribution in [3.05, 3.63) is 35.2 Å². The van der Waals surface area contributed by atoms with Gasteiger partial charge < -0.3 is 11.2 Å². The second-order valence-corrected chi connectivity index (χ2v) is 6.45. The maximum absolute atomic E-state index is 12.0. The summed E-state index contributed by atoms with van der Waals surface area (Å²) >= 11 is 1.29. The van der Waals surface area contributed by atoms with E-state index >= 15 is 0 Å². The summed E-state index contributed by atoms with van der Waals surface area (Å²) in [6.45, 7) is 6.18. The zero-order valence-electron chi connectivity index (χ0n) is 13.8. The van der Waals surface area contributed by atoms with E-state index in [1.165, 1.54) is 22.0 Å². The van der Waals surface area contributed by atoms with Gasteiger partial charge in [-0.05, 0) is 43.5 Å². The Labute approximate surface area is 140 Å². The quantitative estimate of drug-likeness (QED) is 0.601. The van der Waals surface area contributed by atoms with Crippen molar-refractivity contribution in [1.29, 1.82) is 0 Å². The summed E-state index contributed by atoms with van der Waals surface area (Å²) in [5, 5.41) is 11.6. The van der Waals surface area contributed by atoms with Gasteiger partial charge in [-0.25, -0.2) is 4.68 Å². The lowest BCUT2D eigenvalue weighted by Gasteiger charge is -2.07. The third kappa shape index (κ3) is 4.72. The van der Waals surface area contributed by atoms with E-state index in [9.17, 15) is 4.79 Å². The molecule has 0 aliphatic rings. The van der Waals surface area contributed by atoms with E-state index in [0.29, 0.717) is 5.16 Å². The van der Waals surface area contributed by atoms with E-state index in [0.717, 1.165) is 36.3 Å². The molecule has 1 heterocycles. The highest BCUT2D eigenvalue weighted by Crippen LogP contribution is 2.17. The molecule has 0 radical (unpaired) electrons. The van der Waals surface area contributed by atoms with Crippen LogP contribution in [0.4, 0.5) is 5.69 Å². The van der Waals surface area contributed by atoms with Crippen LogP contribution in [0.15, 0.2) is 23.4 Å². The van der Waals surface area contributed by atoms with Crippen LogP contribution >= 0.6 is 11.8 Å². The fourth-order valence-electron chi connectivity index (χ4n) is 2.06. The Kier molecular flexibility index (Phi) is 6.04. The number of unbranched alkanes of at least 4 members (excludes halogenated alkanes) is 1. The lowest BCUT2D eigenvalue weighted by atomic mass is 10.1. The second-order valence-electron chi connectivity index (χ2n) is 5.51. The number of thioether (sulfide) groups is 1. The van der Waals surface area contributed by atoms with Gasteiger partial charge in [0.05, 0.1) is 5.75 Å². The van der Waals surface area contributed by atoms with Crippen LogP contribution in [0.1, 0.15) is 36.7 Å². The molecule has 0 saturated heterocycles. The number of carbonyl (C=O) groups is 1. The Morgan fingerprint density at radius 3 is 2.78 bits per heavy atom. The molecule has 1 amide bonds. The van der Waals surface area contributed by atoms with Crippen LogP contribution in [0.5, 0.6) is 0 Å². The number of anilines is 1. The minimum absolute atomic E-state index is 0.0867. The normalized spacial score (nSPS) is 10.7. The van der Waals surface area contributed by atoms with E-state index in [2.05, 4.69) is 22.4 Å². The number of aryl methyl sites for hydroxylation is 3. The first-order valence-corrected chi connectivity index (χ1v) is 8.69. The van der Waals surface area contributed by atoms with Crippen molar-refractivity contribution in [3.8, 4) is 0 Å². The van der Waals surface area contributed by atoms with Gasteiger partial charge >= 0.3 is 0 Å². The molecule has 0 unspecified atom stereocenters. The van der Waals surface area contributed by atoms with Gasteiger partial charge in [0.25, 0.3) is 0 Å². The van der Waals surface area contributed by atoms with Gasteiger partial charge in [0.15, 0.2) is 5.82 Å². The molecule has 0 spiro atoms. The van der Waals surface area contributed by atoms with Gasteiger partial charge in [-0.15, -0.1) is 10.2 Å². The first-order valence-electron chi connectivity index (χ1n) is 7.70. The average Bonchev–Trinajstić information content (AvgIpc) is 2.87. The highest BCUT2D eigenvalue weighted by molar-refractivity contribution is 7.99. The Morgan fingerprint density at radius 1 is 1.30 bits per heavy atom. The molecular formula is C16H23N5OS. The highest BCUT2D eigenvalue weighted by Gasteiger charge is 2.12. The Hall–Kier alpha value is -2.02. The number of hydrogen-bond acceptors (Lipinski definition) is 5. The van der Waals surface area contributed by atoms with Gasteiger partial charge in [0, 0.05) is 12.1 Å². The van der Waals surface area contributed by atoms with E-state index in [-0.39, 0.29) is 11.7 Å². The summed E-state index contributed by atoms with van der Waals surface area (Å²) in [4.78, 5) is 12.0. The van der Waals surface area contributed by atoms with Gasteiger partial charge in [0.1, 0.15) is 0 Å². The largest absolute Gasteiger partial charge is 0.336 e. The number of amides is 1. The Morgan fingerprint density at radius 2 is 2.09 bits per heavy atom. The number of nitrogens with two attached hydrogens (primary N) is 1. The molecule has 0 fully saturated rings. The van der Waals surface area contributed by atoms with Crippen LogP contribution in [0, 0.1) is 13.8 Å². The Bertz CT molecular complexity index is 683. The lowest BCUT2D eigenvalue weighted by Crippen LogP contribution is -2.17. The number of aromatic nitrogens is 3. The monoisotopic (exact) mass is 333 g/mol. The van der Waals surface area contributed by atoms with E-state index < -0.39 is 0 Å². The number of benzene rings is 1. The van der Waals surface area contributed by atoms with Gasteiger partial charge in [0.2, 0.25) is 11.1 Å². The molecule has 0 atom stereocenters. The van der Waals surface area contributed by atoms with Gasteiger partial charge in [-0.2, -0.15) is 0 Å². The van der Waals surface area contributed by atoms with Crippen LogP contribution in [-0.2, 0) is 11.2 Å². The fraction of sp³-hybridized carbons (Fsp3) is 0.438. The molecule has 1 aromatic carbocycles. The molecule has 2 aromatic rings. The number of carbonyl (C=O) groups excluding carboxylic acids is 1. The number of hydrogen-bond donors (Lipinski definition) is 2. The first kappa shape index (κ1) is 17.3. The number of nitrogen functional groups attached to an aromatic ring is 1. The average molecular weight is 333 g/mol. The number of nitrogens with one attached hydrogen (secondary N) is 1. The molecule has 23 heavy (non-hydrogen) atoms. The third-order valence-electron chi connectivity index (χ3n) is 3.61. The summed E-state index contributed by atoms with van der Waals surface area (Å²) < 4.78 is 1.48. The Balaban J connectivity index is 1.89. The van der Waals surface area contributed by atoms with Crippen LogP contribution in [0.2, 0.25) is 0 Å². The van der Waals surface area contributed by atoms with Crippen LogP contribution in [-0.4, -0.2) is 26.5 Å². The van der Waals surface area contributed by atoms with Crippen molar-refractivity contribution < 1.29 is 4.79 Å². The predicted molar refractivity (Wildman–Crippen MR) is 94.1 cm³/mol. The molecule has 0 aliphatic heterocycles. The molecule has 2 rings (SSSR count). The molecule has 1 aromatic heterocycles. The smallest absolute Gasteiger partial charge is 0.234 e. The molecular weight excluding hydrogens is 310 g/mol. The van der Waals surface area contributed by atoms with Crippen molar-refractivity contribution in [3.63, 3.8) is 0 Å². The van der Waals surface area contributed by atoms with E-state index in [1.807, 2.05) is 32.0 Å². The minimum atomic E-state index is -0.0867. The van der Waals surface area contributed by atoms with Gasteiger partial charge in [-0.3, -0.25) is 4.79 Å². The first-order chi connectivity index (χ1) is 11.0.